The van der Waals surface area contributed by atoms with Gasteiger partial charge in [-0.25, -0.2) is 0 Å². The Morgan fingerprint density at radius 3 is 2.60 bits per heavy atom. The molecule has 0 saturated heterocycles. The topological polar surface area (TPSA) is 43.1 Å². The first-order valence-electron chi connectivity index (χ1n) is 4.36. The highest BCUT2D eigenvalue weighted by Gasteiger charge is 1.99. The van der Waals surface area contributed by atoms with Gasteiger partial charge in [0.15, 0.2) is 6.29 Å². The highest BCUT2D eigenvalue weighted by molar-refractivity contribution is 5.74. The van der Waals surface area contributed by atoms with Gasteiger partial charge in [-0.2, -0.15) is 0 Å². The molecule has 0 radical (unpaired) electrons. The van der Waals surface area contributed by atoms with Gasteiger partial charge in [0.1, 0.15) is 12.0 Å². The molecule has 0 amide bonds. The van der Waals surface area contributed by atoms with E-state index < -0.39 is 0 Å². The van der Waals surface area contributed by atoms with Crippen LogP contribution in [0.25, 0.3) is 11.3 Å². The van der Waals surface area contributed by atoms with E-state index in [1.807, 2.05) is 24.3 Å². The van der Waals surface area contributed by atoms with Crippen LogP contribution < -0.4 is 0 Å². The second kappa shape index (κ2) is 4.25. The number of hydrogen-bond acceptors (Lipinski definition) is 3. The van der Waals surface area contributed by atoms with E-state index >= 15 is 0 Å². The monoisotopic (exact) mass is 197 g/mol. The maximum atomic E-state index is 10.0. The second-order valence-corrected chi connectivity index (χ2v) is 2.85. The Kier molecular flexibility index (Phi) is 2.61. The molecule has 0 bridgehead atoms. The van der Waals surface area contributed by atoms with Crippen LogP contribution in [-0.2, 0) is 4.79 Å². The molecule has 0 aliphatic rings. The average Bonchev–Trinajstić information content (AvgIpc) is 2.80. The van der Waals surface area contributed by atoms with Gasteiger partial charge in [0.05, 0.1) is 0 Å². The van der Waals surface area contributed by atoms with Crippen LogP contribution in [0.2, 0.25) is 0 Å². The minimum Gasteiger partial charge on any atom is -0.364 e. The lowest BCUT2D eigenvalue weighted by Crippen LogP contribution is -1.78. The van der Waals surface area contributed by atoms with Crippen molar-refractivity contribution in [3.05, 3.63) is 42.2 Å². The molecule has 72 valence electrons. The molecule has 0 spiro atoms. The van der Waals surface area contributed by atoms with Gasteiger partial charge in [-0.05, 0) is 18.1 Å². The fourth-order valence-electron chi connectivity index (χ4n) is 1.20. The molecule has 0 unspecified atom stereocenters. The highest BCUT2D eigenvalue weighted by atomic mass is 16.5. The van der Waals surface area contributed by atoms with Crippen molar-refractivity contribution in [3.8, 4) is 23.1 Å². The van der Waals surface area contributed by atoms with Crippen molar-refractivity contribution in [2.75, 3.05) is 0 Å². The number of aldehydes is 1. The lowest BCUT2D eigenvalue weighted by molar-refractivity contribution is -0.103. The lowest BCUT2D eigenvalue weighted by atomic mass is 10.1. The summed E-state index contributed by atoms with van der Waals surface area (Å²) in [5.41, 5.74) is 2.54. The molecule has 3 nitrogen and oxygen atoms in total. The van der Waals surface area contributed by atoms with Gasteiger partial charge >= 0.3 is 0 Å². The predicted molar refractivity (Wildman–Crippen MR) is 54.9 cm³/mol. The van der Waals surface area contributed by atoms with Gasteiger partial charge in [0, 0.05) is 17.2 Å². The molecule has 0 fully saturated rings. The third kappa shape index (κ3) is 2.12. The molecular weight excluding hydrogens is 190 g/mol. The Morgan fingerprint density at radius 1 is 1.20 bits per heavy atom. The minimum absolute atomic E-state index is 0.575. The second-order valence-electron chi connectivity index (χ2n) is 2.85. The third-order valence-corrected chi connectivity index (χ3v) is 1.89. The quantitative estimate of drug-likeness (QED) is 0.518. The maximum absolute atomic E-state index is 10.0. The van der Waals surface area contributed by atoms with Crippen molar-refractivity contribution in [1.82, 2.24) is 5.16 Å². The van der Waals surface area contributed by atoms with Crippen LogP contribution in [0.4, 0.5) is 0 Å². The molecule has 0 aliphatic heterocycles. The van der Waals surface area contributed by atoms with E-state index in [1.54, 1.807) is 6.07 Å². The SMILES string of the molecule is O=CC#Cc1ccc(-c2ccon2)cc1. The predicted octanol–water partition coefficient (Wildman–Crippen LogP) is 1.89. The summed E-state index contributed by atoms with van der Waals surface area (Å²) in [7, 11) is 0. The zero-order chi connectivity index (χ0) is 10.5. The Hall–Kier alpha value is -2.34. The summed E-state index contributed by atoms with van der Waals surface area (Å²) in [5.74, 6) is 5.06. The molecule has 2 rings (SSSR count). The highest BCUT2D eigenvalue weighted by Crippen LogP contribution is 2.16. The van der Waals surface area contributed by atoms with Crippen LogP contribution in [0, 0.1) is 11.8 Å². The standard InChI is InChI=1S/C12H7NO2/c14-8-1-2-10-3-5-11(6-4-10)12-7-9-15-13-12/h3-9H. The summed E-state index contributed by atoms with van der Waals surface area (Å²) < 4.78 is 4.74. The third-order valence-electron chi connectivity index (χ3n) is 1.89. The smallest absolute Gasteiger partial charge is 0.193 e. The molecule has 15 heavy (non-hydrogen) atoms. The molecule has 2 aromatic rings. The number of carbonyl (C=O) groups excluding carboxylic acids is 1. The Bertz CT molecular complexity index is 501. The van der Waals surface area contributed by atoms with E-state index in [1.165, 1.54) is 6.26 Å². The molecule has 1 aromatic heterocycles. The van der Waals surface area contributed by atoms with Crippen LogP contribution >= 0.6 is 0 Å². The van der Waals surface area contributed by atoms with Crippen molar-refractivity contribution in [1.29, 1.82) is 0 Å². The van der Waals surface area contributed by atoms with Gasteiger partial charge in [0.2, 0.25) is 0 Å². The lowest BCUT2D eigenvalue weighted by Gasteiger charge is -1.94. The van der Waals surface area contributed by atoms with E-state index in [0.717, 1.165) is 16.8 Å². The Balaban J connectivity index is 2.28. The van der Waals surface area contributed by atoms with Gasteiger partial charge in [-0.15, -0.1) is 0 Å². The zero-order valence-electron chi connectivity index (χ0n) is 7.81. The van der Waals surface area contributed by atoms with Crippen molar-refractivity contribution in [2.24, 2.45) is 0 Å². The first-order chi connectivity index (χ1) is 7.40. The van der Waals surface area contributed by atoms with E-state index in [9.17, 15) is 4.79 Å². The number of hydrogen-bond donors (Lipinski definition) is 0. The summed E-state index contributed by atoms with van der Waals surface area (Å²) in [6, 6.07) is 9.21. The van der Waals surface area contributed by atoms with Crippen molar-refractivity contribution >= 4 is 6.29 Å². The summed E-state index contributed by atoms with van der Waals surface area (Å²) in [6.45, 7) is 0. The van der Waals surface area contributed by atoms with Gasteiger partial charge in [-0.1, -0.05) is 23.2 Å². The maximum Gasteiger partial charge on any atom is 0.193 e. The number of benzene rings is 1. The van der Waals surface area contributed by atoms with Crippen LogP contribution in [0.3, 0.4) is 0 Å². The van der Waals surface area contributed by atoms with E-state index in [-0.39, 0.29) is 0 Å². The molecule has 0 N–H and O–H groups in total. The fourth-order valence-corrected chi connectivity index (χ4v) is 1.20. The van der Waals surface area contributed by atoms with Crippen molar-refractivity contribution < 1.29 is 9.32 Å². The average molecular weight is 197 g/mol. The molecule has 3 heteroatoms. The Labute approximate surface area is 86.7 Å². The van der Waals surface area contributed by atoms with Crippen LogP contribution in [-0.4, -0.2) is 11.4 Å². The van der Waals surface area contributed by atoms with E-state index in [0.29, 0.717) is 6.29 Å². The molecule has 1 aromatic carbocycles. The van der Waals surface area contributed by atoms with E-state index in [2.05, 4.69) is 17.0 Å². The summed E-state index contributed by atoms with van der Waals surface area (Å²) in [4.78, 5) is 10.0. The van der Waals surface area contributed by atoms with Crippen LogP contribution in [0.1, 0.15) is 5.56 Å². The number of nitrogens with zero attached hydrogens (tertiary/aromatic N) is 1. The number of rotatable bonds is 1. The fraction of sp³-hybridized carbons (Fsp3) is 0. The van der Waals surface area contributed by atoms with Gasteiger partial charge in [0.25, 0.3) is 0 Å². The van der Waals surface area contributed by atoms with E-state index in [4.69, 9.17) is 4.52 Å². The normalized spacial score (nSPS) is 9.07. The first-order valence-corrected chi connectivity index (χ1v) is 4.36. The minimum atomic E-state index is 0.575. The molecule has 1 heterocycles. The zero-order valence-corrected chi connectivity index (χ0v) is 7.81. The number of carbonyl (C=O) groups is 1. The van der Waals surface area contributed by atoms with Crippen LogP contribution in [0.5, 0.6) is 0 Å². The summed E-state index contributed by atoms with van der Waals surface area (Å²) in [6.07, 6.45) is 2.10. The molecule has 0 atom stereocenters. The Morgan fingerprint density at radius 2 is 2.00 bits per heavy atom. The molecular formula is C12H7NO2. The summed E-state index contributed by atoms with van der Waals surface area (Å²) >= 11 is 0. The van der Waals surface area contributed by atoms with Gasteiger partial charge in [-0.3, -0.25) is 4.79 Å². The van der Waals surface area contributed by atoms with Gasteiger partial charge < -0.3 is 4.52 Å². The largest absolute Gasteiger partial charge is 0.364 e. The molecule has 0 aliphatic carbocycles. The number of aromatic nitrogens is 1. The van der Waals surface area contributed by atoms with Crippen molar-refractivity contribution in [3.63, 3.8) is 0 Å². The van der Waals surface area contributed by atoms with Crippen molar-refractivity contribution in [2.45, 2.75) is 0 Å². The molecule has 0 saturated carbocycles. The van der Waals surface area contributed by atoms with Crippen LogP contribution in [0.15, 0.2) is 41.1 Å². The summed E-state index contributed by atoms with van der Waals surface area (Å²) in [5, 5.41) is 3.81. The first kappa shape index (κ1) is 9.22.